The number of hydrogen-bond acceptors (Lipinski definition) is 3. The first kappa shape index (κ1) is 7.98. The van der Waals surface area contributed by atoms with E-state index in [2.05, 4.69) is 6.92 Å². The first-order valence-electron chi connectivity index (χ1n) is 3.65. The van der Waals surface area contributed by atoms with E-state index in [0.29, 0.717) is 19.8 Å². The normalized spacial score (nSPS) is 22.2. The fourth-order valence-corrected chi connectivity index (χ4v) is 0.981. The lowest BCUT2D eigenvalue weighted by molar-refractivity contribution is -0.213. The van der Waals surface area contributed by atoms with Gasteiger partial charge in [0.15, 0.2) is 0 Å². The monoisotopic (exact) mass is 146 g/mol. The Labute approximate surface area is 60.9 Å². The Hall–Kier alpha value is -0.120. The predicted octanol–water partition coefficient (Wildman–Crippen LogP) is 0.174. The summed E-state index contributed by atoms with van der Waals surface area (Å²) in [5, 5.41) is 8.48. The van der Waals surface area contributed by atoms with Crippen LogP contribution in [0, 0.1) is 0 Å². The second-order valence-electron chi connectivity index (χ2n) is 2.60. The van der Waals surface area contributed by atoms with Crippen LogP contribution in [0.15, 0.2) is 0 Å². The zero-order valence-corrected chi connectivity index (χ0v) is 6.30. The van der Waals surface area contributed by atoms with E-state index in [-0.39, 0.29) is 12.2 Å². The van der Waals surface area contributed by atoms with E-state index in [1.54, 1.807) is 0 Å². The summed E-state index contributed by atoms with van der Waals surface area (Å²) in [5.41, 5.74) is -0.0667. The predicted molar refractivity (Wildman–Crippen MR) is 36.9 cm³/mol. The van der Waals surface area contributed by atoms with Crippen LogP contribution < -0.4 is 0 Å². The van der Waals surface area contributed by atoms with Gasteiger partial charge in [-0.15, -0.1) is 0 Å². The van der Waals surface area contributed by atoms with Crippen molar-refractivity contribution in [2.45, 2.75) is 18.9 Å². The van der Waals surface area contributed by atoms with Crippen LogP contribution in [0.4, 0.5) is 0 Å². The fraction of sp³-hybridized carbons (Fsp3) is 1.00. The fourth-order valence-electron chi connectivity index (χ4n) is 0.981. The molecule has 0 spiro atoms. The summed E-state index contributed by atoms with van der Waals surface area (Å²) in [6, 6.07) is 0. The molecule has 1 aliphatic heterocycles. The minimum atomic E-state index is -0.0667. The highest BCUT2D eigenvalue weighted by molar-refractivity contribution is 4.85. The third-order valence-electron chi connectivity index (χ3n) is 1.87. The van der Waals surface area contributed by atoms with Crippen molar-refractivity contribution in [3.05, 3.63) is 0 Å². The lowest BCUT2D eigenvalue weighted by Gasteiger charge is -2.40. The Balaban J connectivity index is 2.20. The van der Waals surface area contributed by atoms with E-state index in [1.165, 1.54) is 0 Å². The molecule has 3 nitrogen and oxygen atoms in total. The highest BCUT2D eigenvalue weighted by atomic mass is 16.6. The molecule has 0 aromatic heterocycles. The summed E-state index contributed by atoms with van der Waals surface area (Å²) in [5.74, 6) is 0. The largest absolute Gasteiger partial charge is 0.394 e. The first-order chi connectivity index (χ1) is 4.83. The molecule has 0 aromatic carbocycles. The van der Waals surface area contributed by atoms with E-state index in [1.807, 2.05) is 0 Å². The molecule has 1 aliphatic rings. The third kappa shape index (κ3) is 1.48. The molecule has 60 valence electrons. The third-order valence-corrected chi connectivity index (χ3v) is 1.87. The van der Waals surface area contributed by atoms with Gasteiger partial charge in [-0.2, -0.15) is 0 Å². The molecular weight excluding hydrogens is 132 g/mol. The van der Waals surface area contributed by atoms with Crippen LogP contribution in [-0.2, 0) is 9.47 Å². The highest BCUT2D eigenvalue weighted by Crippen LogP contribution is 2.24. The number of hydrogen-bond donors (Lipinski definition) is 1. The summed E-state index contributed by atoms with van der Waals surface area (Å²) in [7, 11) is 0. The van der Waals surface area contributed by atoms with Crippen molar-refractivity contribution in [2.75, 3.05) is 26.4 Å². The van der Waals surface area contributed by atoms with Gasteiger partial charge in [-0.05, 0) is 6.42 Å². The molecule has 0 amide bonds. The van der Waals surface area contributed by atoms with E-state index in [0.717, 1.165) is 6.42 Å². The van der Waals surface area contributed by atoms with Gasteiger partial charge < -0.3 is 14.6 Å². The first-order valence-corrected chi connectivity index (χ1v) is 3.65. The van der Waals surface area contributed by atoms with Crippen LogP contribution in [-0.4, -0.2) is 37.1 Å². The SMILES string of the molecule is CCC1(OCCO)COC1. The highest BCUT2D eigenvalue weighted by Gasteiger charge is 2.37. The average Bonchev–Trinajstić information content (AvgIpc) is 1.87. The molecule has 0 aliphatic carbocycles. The Morgan fingerprint density at radius 3 is 2.60 bits per heavy atom. The van der Waals surface area contributed by atoms with E-state index in [4.69, 9.17) is 14.6 Å². The molecule has 3 heteroatoms. The zero-order valence-electron chi connectivity index (χ0n) is 6.30. The smallest absolute Gasteiger partial charge is 0.114 e. The van der Waals surface area contributed by atoms with Crippen LogP contribution in [0.3, 0.4) is 0 Å². The Morgan fingerprint density at radius 1 is 1.60 bits per heavy atom. The summed E-state index contributed by atoms with van der Waals surface area (Å²) in [6.45, 7) is 3.96. The molecule has 10 heavy (non-hydrogen) atoms. The number of ether oxygens (including phenoxy) is 2. The van der Waals surface area contributed by atoms with Crippen LogP contribution in [0.2, 0.25) is 0 Å². The minimum absolute atomic E-state index is 0.0667. The standard InChI is InChI=1S/C7H14O3/c1-2-7(5-9-6-7)10-4-3-8/h8H,2-6H2,1H3. The zero-order chi connectivity index (χ0) is 7.45. The Kier molecular flexibility index (Phi) is 2.65. The van der Waals surface area contributed by atoms with Gasteiger partial charge in [-0.3, -0.25) is 0 Å². The van der Waals surface area contributed by atoms with Crippen molar-refractivity contribution in [3.8, 4) is 0 Å². The molecule has 1 rings (SSSR count). The lowest BCUT2D eigenvalue weighted by Crippen LogP contribution is -2.51. The van der Waals surface area contributed by atoms with Crippen molar-refractivity contribution in [1.82, 2.24) is 0 Å². The van der Waals surface area contributed by atoms with Crippen LogP contribution in [0.25, 0.3) is 0 Å². The van der Waals surface area contributed by atoms with Crippen molar-refractivity contribution in [2.24, 2.45) is 0 Å². The van der Waals surface area contributed by atoms with Gasteiger partial charge >= 0.3 is 0 Å². The van der Waals surface area contributed by atoms with Crippen molar-refractivity contribution < 1.29 is 14.6 Å². The molecule has 0 bridgehead atoms. The second-order valence-corrected chi connectivity index (χ2v) is 2.60. The van der Waals surface area contributed by atoms with Gasteiger partial charge in [0.25, 0.3) is 0 Å². The van der Waals surface area contributed by atoms with Crippen LogP contribution >= 0.6 is 0 Å². The Morgan fingerprint density at radius 2 is 2.30 bits per heavy atom. The average molecular weight is 146 g/mol. The molecule has 0 saturated carbocycles. The van der Waals surface area contributed by atoms with Gasteiger partial charge in [-0.25, -0.2) is 0 Å². The van der Waals surface area contributed by atoms with Crippen molar-refractivity contribution >= 4 is 0 Å². The van der Waals surface area contributed by atoms with Gasteiger partial charge in [0.1, 0.15) is 5.60 Å². The lowest BCUT2D eigenvalue weighted by atomic mass is 9.99. The number of rotatable bonds is 4. The molecule has 0 radical (unpaired) electrons. The summed E-state index contributed by atoms with van der Waals surface area (Å²) in [6.07, 6.45) is 0.965. The molecule has 1 fully saturated rings. The molecule has 0 atom stereocenters. The molecular formula is C7H14O3. The maximum absolute atomic E-state index is 8.48. The summed E-state index contributed by atoms with van der Waals surface area (Å²) in [4.78, 5) is 0. The van der Waals surface area contributed by atoms with E-state index < -0.39 is 0 Å². The van der Waals surface area contributed by atoms with Crippen LogP contribution in [0.1, 0.15) is 13.3 Å². The van der Waals surface area contributed by atoms with Gasteiger partial charge in [0, 0.05) is 0 Å². The van der Waals surface area contributed by atoms with Gasteiger partial charge in [-0.1, -0.05) is 6.92 Å². The van der Waals surface area contributed by atoms with Crippen LogP contribution in [0.5, 0.6) is 0 Å². The number of aliphatic hydroxyl groups excluding tert-OH is 1. The number of aliphatic hydroxyl groups is 1. The summed E-state index contributed by atoms with van der Waals surface area (Å²) < 4.78 is 10.4. The molecule has 1 heterocycles. The maximum Gasteiger partial charge on any atom is 0.114 e. The van der Waals surface area contributed by atoms with E-state index in [9.17, 15) is 0 Å². The molecule has 0 unspecified atom stereocenters. The maximum atomic E-state index is 8.48. The Bertz CT molecular complexity index is 93.5. The van der Waals surface area contributed by atoms with Gasteiger partial charge in [0.05, 0.1) is 26.4 Å². The van der Waals surface area contributed by atoms with Crippen molar-refractivity contribution in [3.63, 3.8) is 0 Å². The topological polar surface area (TPSA) is 38.7 Å². The molecule has 0 aromatic rings. The second kappa shape index (κ2) is 3.32. The van der Waals surface area contributed by atoms with E-state index >= 15 is 0 Å². The van der Waals surface area contributed by atoms with Gasteiger partial charge in [0.2, 0.25) is 0 Å². The molecule has 1 saturated heterocycles. The molecule has 1 N–H and O–H groups in total. The minimum Gasteiger partial charge on any atom is -0.394 e. The summed E-state index contributed by atoms with van der Waals surface area (Å²) >= 11 is 0. The quantitative estimate of drug-likeness (QED) is 0.614. The van der Waals surface area contributed by atoms with Crippen molar-refractivity contribution in [1.29, 1.82) is 0 Å².